The lowest BCUT2D eigenvalue weighted by atomic mass is 10.0. The number of aromatic nitrogens is 4. The van der Waals surface area contributed by atoms with Crippen molar-refractivity contribution in [2.45, 2.75) is 64.2 Å². The Morgan fingerprint density at radius 2 is 1.74 bits per heavy atom. The highest BCUT2D eigenvalue weighted by molar-refractivity contribution is 5.75. The van der Waals surface area contributed by atoms with E-state index < -0.39 is 5.92 Å². The fraction of sp³-hybridized carbons (Fsp3) is 0.652. The van der Waals surface area contributed by atoms with Crippen molar-refractivity contribution >= 4 is 12.0 Å². The Labute approximate surface area is 199 Å². The number of alkyl halides is 2. The van der Waals surface area contributed by atoms with Crippen LogP contribution in [0.2, 0.25) is 0 Å². The zero-order chi connectivity index (χ0) is 24.5. The number of hydrogen-bond acceptors (Lipinski definition) is 6. The summed E-state index contributed by atoms with van der Waals surface area (Å²) in [4.78, 5) is 32.0. The van der Waals surface area contributed by atoms with Gasteiger partial charge in [0.2, 0.25) is 5.95 Å². The maximum absolute atomic E-state index is 13.5. The SMILES string of the molecule is C[C@@H]1CN(c2ncc(C(C)(F)F)cn2)C[C@H](C)N1C(=O)NC1CCN(Cc2nccn2C)CC1. The number of nitrogens with zero attached hydrogens (tertiary/aromatic N) is 7. The van der Waals surface area contributed by atoms with Crippen molar-refractivity contribution in [2.75, 3.05) is 31.1 Å². The van der Waals surface area contributed by atoms with Crippen LogP contribution in [0.5, 0.6) is 0 Å². The molecule has 2 atom stereocenters. The van der Waals surface area contributed by atoms with E-state index in [9.17, 15) is 13.6 Å². The number of urea groups is 1. The predicted octanol–water partition coefficient (Wildman–Crippen LogP) is 2.60. The molecule has 2 aliphatic heterocycles. The number of hydrogen-bond donors (Lipinski definition) is 1. The number of imidazole rings is 1. The summed E-state index contributed by atoms with van der Waals surface area (Å²) in [7, 11) is 2.00. The third-order valence-electron chi connectivity index (χ3n) is 6.78. The van der Waals surface area contributed by atoms with Crippen molar-refractivity contribution in [3.05, 3.63) is 36.2 Å². The van der Waals surface area contributed by atoms with Gasteiger partial charge in [0.1, 0.15) is 5.82 Å². The number of piperidine rings is 1. The summed E-state index contributed by atoms with van der Waals surface area (Å²) in [6.07, 6.45) is 7.93. The van der Waals surface area contributed by atoms with Gasteiger partial charge in [-0.1, -0.05) is 0 Å². The van der Waals surface area contributed by atoms with Crippen molar-refractivity contribution < 1.29 is 13.6 Å². The molecule has 2 amide bonds. The fourth-order valence-electron chi connectivity index (χ4n) is 4.83. The number of anilines is 1. The average Bonchev–Trinajstić information content (AvgIpc) is 3.18. The van der Waals surface area contributed by atoms with Gasteiger partial charge in [0.25, 0.3) is 5.92 Å². The van der Waals surface area contributed by atoms with Crippen LogP contribution in [0.1, 0.15) is 45.0 Å². The van der Waals surface area contributed by atoms with Crippen LogP contribution in [0.15, 0.2) is 24.8 Å². The molecule has 0 saturated carbocycles. The van der Waals surface area contributed by atoms with E-state index in [1.54, 1.807) is 0 Å². The smallest absolute Gasteiger partial charge is 0.318 e. The Morgan fingerprint density at radius 1 is 1.12 bits per heavy atom. The molecule has 2 aromatic rings. The summed E-state index contributed by atoms with van der Waals surface area (Å²) in [5.41, 5.74) is -0.207. The minimum Gasteiger partial charge on any atom is -0.337 e. The Kier molecular flexibility index (Phi) is 7.01. The molecule has 2 fully saturated rings. The minimum absolute atomic E-state index is 0.0518. The lowest BCUT2D eigenvalue weighted by Gasteiger charge is -2.45. The second-order valence-corrected chi connectivity index (χ2v) is 9.62. The van der Waals surface area contributed by atoms with Gasteiger partial charge in [0.05, 0.1) is 12.1 Å². The van der Waals surface area contributed by atoms with E-state index in [1.165, 1.54) is 12.4 Å². The average molecular weight is 477 g/mol. The molecule has 0 aliphatic carbocycles. The number of rotatable bonds is 5. The van der Waals surface area contributed by atoms with E-state index in [-0.39, 0.29) is 29.7 Å². The van der Waals surface area contributed by atoms with Gasteiger partial charge in [-0.3, -0.25) is 4.90 Å². The molecule has 0 radical (unpaired) electrons. The normalized spacial score (nSPS) is 22.8. The van der Waals surface area contributed by atoms with Crippen LogP contribution in [0, 0.1) is 0 Å². The third kappa shape index (κ3) is 5.45. The highest BCUT2D eigenvalue weighted by Gasteiger charge is 2.35. The second kappa shape index (κ2) is 9.81. The molecule has 11 heteroatoms. The van der Waals surface area contributed by atoms with Gasteiger partial charge < -0.3 is 19.7 Å². The van der Waals surface area contributed by atoms with Gasteiger partial charge in [-0.05, 0) is 26.7 Å². The van der Waals surface area contributed by atoms with Crippen LogP contribution < -0.4 is 10.2 Å². The van der Waals surface area contributed by atoms with Crippen molar-refractivity contribution in [2.24, 2.45) is 7.05 Å². The van der Waals surface area contributed by atoms with E-state index in [0.717, 1.165) is 45.2 Å². The molecule has 186 valence electrons. The first kappa shape index (κ1) is 24.3. The van der Waals surface area contributed by atoms with Crippen LogP contribution in [0.4, 0.5) is 19.5 Å². The van der Waals surface area contributed by atoms with Crippen LogP contribution in [0.25, 0.3) is 0 Å². The molecule has 0 unspecified atom stereocenters. The van der Waals surface area contributed by atoms with Crippen molar-refractivity contribution in [3.8, 4) is 0 Å². The quantitative estimate of drug-likeness (QED) is 0.715. The van der Waals surface area contributed by atoms with Crippen LogP contribution in [-0.2, 0) is 19.5 Å². The number of nitrogens with one attached hydrogen (secondary N) is 1. The van der Waals surface area contributed by atoms with E-state index in [1.807, 2.05) is 47.7 Å². The summed E-state index contributed by atoms with van der Waals surface area (Å²) in [6.45, 7) is 8.56. The maximum Gasteiger partial charge on any atom is 0.318 e. The van der Waals surface area contributed by atoms with Crippen molar-refractivity contribution in [3.63, 3.8) is 0 Å². The molecule has 0 bridgehead atoms. The summed E-state index contributed by atoms with van der Waals surface area (Å²) in [6, 6.07) is -0.0375. The molecule has 9 nitrogen and oxygen atoms in total. The van der Waals surface area contributed by atoms with Crippen molar-refractivity contribution in [1.82, 2.24) is 34.6 Å². The zero-order valence-electron chi connectivity index (χ0n) is 20.3. The van der Waals surface area contributed by atoms with Crippen LogP contribution in [0.3, 0.4) is 0 Å². The molecule has 0 aromatic carbocycles. The van der Waals surface area contributed by atoms with Gasteiger partial charge in [-0.2, -0.15) is 0 Å². The van der Waals surface area contributed by atoms with E-state index >= 15 is 0 Å². The molecular formula is C23H34F2N8O. The first-order chi connectivity index (χ1) is 16.1. The second-order valence-electron chi connectivity index (χ2n) is 9.62. The lowest BCUT2D eigenvalue weighted by Crippen LogP contribution is -2.62. The van der Waals surface area contributed by atoms with E-state index in [4.69, 9.17) is 0 Å². The van der Waals surface area contributed by atoms with Gasteiger partial charge in [0, 0.05) is 83.1 Å². The van der Waals surface area contributed by atoms with E-state index in [0.29, 0.717) is 19.0 Å². The molecule has 2 aromatic heterocycles. The molecule has 1 N–H and O–H groups in total. The Bertz CT molecular complexity index is 956. The highest BCUT2D eigenvalue weighted by atomic mass is 19.3. The first-order valence-electron chi connectivity index (χ1n) is 11.8. The number of carbonyl (C=O) groups excluding carboxylic acids is 1. The zero-order valence-corrected chi connectivity index (χ0v) is 20.3. The molecule has 4 rings (SSSR count). The number of piperazine rings is 1. The largest absolute Gasteiger partial charge is 0.337 e. The Balaban J connectivity index is 1.28. The summed E-state index contributed by atoms with van der Waals surface area (Å²) >= 11 is 0. The monoisotopic (exact) mass is 476 g/mol. The van der Waals surface area contributed by atoms with Gasteiger partial charge in [0.15, 0.2) is 0 Å². The fourth-order valence-corrected chi connectivity index (χ4v) is 4.83. The summed E-state index contributed by atoms with van der Waals surface area (Å²) in [5.74, 6) is -1.51. The maximum atomic E-state index is 13.5. The predicted molar refractivity (Wildman–Crippen MR) is 125 cm³/mol. The topological polar surface area (TPSA) is 82.4 Å². The minimum atomic E-state index is -2.97. The number of amides is 2. The number of carbonyl (C=O) groups is 1. The summed E-state index contributed by atoms with van der Waals surface area (Å²) in [5, 5.41) is 3.23. The Hall–Kier alpha value is -2.82. The molecule has 2 aliphatic rings. The number of likely N-dealkylation sites (tertiary alicyclic amines) is 1. The number of aryl methyl sites for hydroxylation is 1. The standard InChI is InChI=1S/C23H34F2N8O/c1-16-13-32(21-27-11-18(12-28-21)23(3,24)25)14-17(2)33(16)22(34)29-19-5-8-31(9-6-19)15-20-26-7-10-30(20)4/h7,10-12,16-17,19H,5-6,8-9,13-15H2,1-4H3,(H,29,34)/t16-,17+. The van der Waals surface area contributed by atoms with Gasteiger partial charge in [-0.25, -0.2) is 28.5 Å². The van der Waals surface area contributed by atoms with Crippen molar-refractivity contribution in [1.29, 1.82) is 0 Å². The Morgan fingerprint density at radius 3 is 2.26 bits per heavy atom. The lowest BCUT2D eigenvalue weighted by molar-refractivity contribution is 0.0167. The van der Waals surface area contributed by atoms with Gasteiger partial charge >= 0.3 is 6.03 Å². The molecule has 2 saturated heterocycles. The third-order valence-corrected chi connectivity index (χ3v) is 6.78. The molecule has 4 heterocycles. The summed E-state index contributed by atoms with van der Waals surface area (Å²) < 4.78 is 28.9. The molecular weight excluding hydrogens is 442 g/mol. The highest BCUT2D eigenvalue weighted by Crippen LogP contribution is 2.27. The van der Waals surface area contributed by atoms with Crippen LogP contribution in [-0.4, -0.2) is 79.7 Å². The number of halogens is 2. The van der Waals surface area contributed by atoms with Crippen LogP contribution >= 0.6 is 0 Å². The van der Waals surface area contributed by atoms with Gasteiger partial charge in [-0.15, -0.1) is 0 Å². The molecule has 0 spiro atoms. The molecule has 34 heavy (non-hydrogen) atoms. The first-order valence-corrected chi connectivity index (χ1v) is 11.8. The van der Waals surface area contributed by atoms with E-state index in [2.05, 4.69) is 25.2 Å².